The first kappa shape index (κ1) is 22.8. The summed E-state index contributed by atoms with van der Waals surface area (Å²) in [4.78, 5) is 31.9. The zero-order valence-electron chi connectivity index (χ0n) is 18.9. The highest BCUT2D eigenvalue weighted by atomic mass is 16.2. The van der Waals surface area contributed by atoms with Crippen LogP contribution in [0.25, 0.3) is 0 Å². The molecule has 6 nitrogen and oxygen atoms in total. The van der Waals surface area contributed by atoms with Gasteiger partial charge in [0, 0.05) is 37.8 Å². The first-order chi connectivity index (χ1) is 14.9. The van der Waals surface area contributed by atoms with Gasteiger partial charge in [-0.3, -0.25) is 9.78 Å². The number of hydrogen-bond donors (Lipinski definition) is 2. The molecule has 2 aromatic rings. The van der Waals surface area contributed by atoms with Crippen molar-refractivity contribution in [2.75, 3.05) is 19.6 Å². The van der Waals surface area contributed by atoms with Crippen LogP contribution in [0.15, 0.2) is 42.5 Å². The summed E-state index contributed by atoms with van der Waals surface area (Å²) in [6.07, 6.45) is 2.57. The smallest absolute Gasteiger partial charge is 0.317 e. The third-order valence-corrected chi connectivity index (χ3v) is 5.77. The highest BCUT2D eigenvalue weighted by Gasteiger charge is 2.27. The highest BCUT2D eigenvalue weighted by Crippen LogP contribution is 2.29. The SMILES string of the molecule is Cc1ccc(C(=O)NCCC(C)C)c(C2CCN(C(=O)NCc3ccccc3)CC2)n1. The lowest BCUT2D eigenvalue weighted by molar-refractivity contribution is 0.0949. The molecule has 1 saturated heterocycles. The van der Waals surface area contributed by atoms with E-state index in [2.05, 4.69) is 24.5 Å². The molecule has 0 bridgehead atoms. The van der Waals surface area contributed by atoms with Gasteiger partial charge in [-0.25, -0.2) is 4.79 Å². The van der Waals surface area contributed by atoms with Crippen molar-refractivity contribution in [1.82, 2.24) is 20.5 Å². The number of amides is 3. The van der Waals surface area contributed by atoms with Crippen LogP contribution in [0, 0.1) is 12.8 Å². The number of carbonyl (C=O) groups excluding carboxylic acids is 2. The van der Waals surface area contributed by atoms with Gasteiger partial charge >= 0.3 is 6.03 Å². The zero-order chi connectivity index (χ0) is 22.2. The predicted molar refractivity (Wildman–Crippen MR) is 123 cm³/mol. The quantitative estimate of drug-likeness (QED) is 0.700. The number of hydrogen-bond acceptors (Lipinski definition) is 3. The molecule has 3 rings (SSSR count). The van der Waals surface area contributed by atoms with Crippen molar-refractivity contribution in [2.24, 2.45) is 5.92 Å². The second-order valence-corrected chi connectivity index (χ2v) is 8.73. The second-order valence-electron chi connectivity index (χ2n) is 8.73. The lowest BCUT2D eigenvalue weighted by atomic mass is 9.90. The number of aromatic nitrogens is 1. The molecular formula is C25H34N4O2. The van der Waals surface area contributed by atoms with Crippen molar-refractivity contribution in [1.29, 1.82) is 0 Å². The normalized spacial score (nSPS) is 14.5. The highest BCUT2D eigenvalue weighted by molar-refractivity contribution is 5.95. The fraction of sp³-hybridized carbons (Fsp3) is 0.480. The fourth-order valence-electron chi connectivity index (χ4n) is 3.89. The molecule has 3 amide bonds. The minimum absolute atomic E-state index is 0.0360. The standard InChI is InChI=1S/C25H34N4O2/c1-18(2)11-14-26-24(30)22-10-9-19(3)28-23(22)21-12-15-29(16-13-21)25(31)27-17-20-7-5-4-6-8-20/h4-10,18,21H,11-17H2,1-3H3,(H,26,30)(H,27,31). The molecule has 0 saturated carbocycles. The Hall–Kier alpha value is -2.89. The molecule has 1 fully saturated rings. The topological polar surface area (TPSA) is 74.3 Å². The first-order valence-corrected chi connectivity index (χ1v) is 11.3. The third kappa shape index (κ3) is 6.54. The molecule has 2 heterocycles. The predicted octanol–water partition coefficient (Wildman–Crippen LogP) is 4.26. The Morgan fingerprint density at radius 3 is 2.45 bits per heavy atom. The van der Waals surface area contributed by atoms with Crippen molar-refractivity contribution < 1.29 is 9.59 Å². The van der Waals surface area contributed by atoms with Crippen LogP contribution in [-0.2, 0) is 6.54 Å². The summed E-state index contributed by atoms with van der Waals surface area (Å²) in [6.45, 7) is 8.77. The van der Waals surface area contributed by atoms with Gasteiger partial charge in [0.05, 0.1) is 11.3 Å². The number of piperidine rings is 1. The maximum Gasteiger partial charge on any atom is 0.317 e. The van der Waals surface area contributed by atoms with Gasteiger partial charge < -0.3 is 15.5 Å². The van der Waals surface area contributed by atoms with Crippen LogP contribution in [0.5, 0.6) is 0 Å². The Morgan fingerprint density at radius 1 is 1.06 bits per heavy atom. The van der Waals surface area contributed by atoms with E-state index in [4.69, 9.17) is 4.98 Å². The van der Waals surface area contributed by atoms with E-state index in [1.165, 1.54) is 0 Å². The number of aryl methyl sites for hydroxylation is 1. The van der Waals surface area contributed by atoms with E-state index in [1.807, 2.05) is 54.3 Å². The Balaban J connectivity index is 1.57. The minimum Gasteiger partial charge on any atom is -0.352 e. The Kier molecular flexibility index (Phi) is 8.04. The number of rotatable bonds is 7. The van der Waals surface area contributed by atoms with E-state index in [9.17, 15) is 9.59 Å². The number of likely N-dealkylation sites (tertiary alicyclic amines) is 1. The molecule has 0 aliphatic carbocycles. The van der Waals surface area contributed by atoms with Gasteiger partial charge in [-0.05, 0) is 49.8 Å². The van der Waals surface area contributed by atoms with Crippen LogP contribution in [0.4, 0.5) is 4.79 Å². The number of nitrogens with one attached hydrogen (secondary N) is 2. The van der Waals surface area contributed by atoms with Gasteiger partial charge in [0.1, 0.15) is 0 Å². The summed E-state index contributed by atoms with van der Waals surface area (Å²) in [7, 11) is 0. The van der Waals surface area contributed by atoms with Gasteiger partial charge in [0.25, 0.3) is 5.91 Å². The molecule has 6 heteroatoms. The number of urea groups is 1. The van der Waals surface area contributed by atoms with Gasteiger partial charge in [-0.15, -0.1) is 0 Å². The first-order valence-electron chi connectivity index (χ1n) is 11.3. The lowest BCUT2D eigenvalue weighted by Gasteiger charge is -2.32. The Bertz CT molecular complexity index is 874. The van der Waals surface area contributed by atoms with Crippen LogP contribution in [0.1, 0.15) is 66.3 Å². The lowest BCUT2D eigenvalue weighted by Crippen LogP contribution is -2.44. The van der Waals surface area contributed by atoms with Crippen molar-refractivity contribution in [3.63, 3.8) is 0 Å². The van der Waals surface area contributed by atoms with Crippen molar-refractivity contribution >= 4 is 11.9 Å². The van der Waals surface area contributed by atoms with E-state index >= 15 is 0 Å². The summed E-state index contributed by atoms with van der Waals surface area (Å²) < 4.78 is 0. The third-order valence-electron chi connectivity index (χ3n) is 5.77. The Labute approximate surface area is 185 Å². The molecule has 1 aliphatic heterocycles. The molecule has 0 radical (unpaired) electrons. The average molecular weight is 423 g/mol. The van der Waals surface area contributed by atoms with Gasteiger partial charge in [0.2, 0.25) is 0 Å². The summed E-state index contributed by atoms with van der Waals surface area (Å²) >= 11 is 0. The number of pyridine rings is 1. The number of benzene rings is 1. The van der Waals surface area contributed by atoms with Crippen molar-refractivity contribution in [3.8, 4) is 0 Å². The van der Waals surface area contributed by atoms with Gasteiger partial charge in [-0.2, -0.15) is 0 Å². The average Bonchev–Trinajstić information content (AvgIpc) is 2.78. The monoisotopic (exact) mass is 422 g/mol. The van der Waals surface area contributed by atoms with Crippen LogP contribution >= 0.6 is 0 Å². The van der Waals surface area contributed by atoms with E-state index in [1.54, 1.807) is 0 Å². The number of carbonyl (C=O) groups is 2. The van der Waals surface area contributed by atoms with E-state index in [0.717, 1.165) is 36.2 Å². The molecule has 31 heavy (non-hydrogen) atoms. The molecule has 1 aliphatic rings. The maximum absolute atomic E-state index is 12.8. The molecule has 2 N–H and O–H groups in total. The van der Waals surface area contributed by atoms with Crippen LogP contribution in [-0.4, -0.2) is 41.5 Å². The molecule has 0 spiro atoms. The minimum atomic E-state index is -0.0498. The van der Waals surface area contributed by atoms with Crippen molar-refractivity contribution in [3.05, 3.63) is 65.0 Å². The van der Waals surface area contributed by atoms with Crippen LogP contribution in [0.2, 0.25) is 0 Å². The zero-order valence-corrected chi connectivity index (χ0v) is 18.9. The van der Waals surface area contributed by atoms with E-state index in [0.29, 0.717) is 37.7 Å². The van der Waals surface area contributed by atoms with Crippen LogP contribution < -0.4 is 10.6 Å². The van der Waals surface area contributed by atoms with Crippen molar-refractivity contribution in [2.45, 2.75) is 52.5 Å². The summed E-state index contributed by atoms with van der Waals surface area (Å²) in [5.41, 5.74) is 3.53. The molecule has 0 unspecified atom stereocenters. The van der Waals surface area contributed by atoms with Gasteiger partial charge in [-0.1, -0.05) is 44.2 Å². The molecule has 0 atom stereocenters. The van der Waals surface area contributed by atoms with Gasteiger partial charge in [0.15, 0.2) is 0 Å². The molecular weight excluding hydrogens is 388 g/mol. The Morgan fingerprint density at radius 2 is 1.77 bits per heavy atom. The summed E-state index contributed by atoms with van der Waals surface area (Å²) in [6, 6.07) is 13.7. The molecule has 1 aromatic carbocycles. The van der Waals surface area contributed by atoms with Crippen LogP contribution in [0.3, 0.4) is 0 Å². The maximum atomic E-state index is 12.8. The summed E-state index contributed by atoms with van der Waals surface area (Å²) in [5.74, 6) is 0.684. The summed E-state index contributed by atoms with van der Waals surface area (Å²) in [5, 5.41) is 6.04. The fourth-order valence-corrected chi connectivity index (χ4v) is 3.89. The van der Waals surface area contributed by atoms with E-state index < -0.39 is 0 Å². The molecule has 166 valence electrons. The second kappa shape index (κ2) is 10.9. The van der Waals surface area contributed by atoms with E-state index in [-0.39, 0.29) is 17.9 Å². The number of nitrogens with zero attached hydrogens (tertiary/aromatic N) is 2. The molecule has 1 aromatic heterocycles. The largest absolute Gasteiger partial charge is 0.352 e.